The zero-order valence-electron chi connectivity index (χ0n) is 16.8. The lowest BCUT2D eigenvalue weighted by molar-refractivity contribution is -0.121. The summed E-state index contributed by atoms with van der Waals surface area (Å²) in [6, 6.07) is 4.06. The van der Waals surface area contributed by atoms with E-state index in [0.717, 1.165) is 32.7 Å². The predicted octanol–water partition coefficient (Wildman–Crippen LogP) is 0.214. The summed E-state index contributed by atoms with van der Waals surface area (Å²) in [5, 5.41) is 12.7. The molecule has 0 saturated carbocycles. The fraction of sp³-hybridized carbons (Fsp3) is 0.632. The Morgan fingerprint density at radius 1 is 1.33 bits per heavy atom. The average Bonchev–Trinajstić information content (AvgIpc) is 2.70. The van der Waals surface area contributed by atoms with Crippen molar-refractivity contribution < 1.29 is 14.7 Å². The van der Waals surface area contributed by atoms with Gasteiger partial charge in [0.1, 0.15) is 0 Å². The van der Waals surface area contributed by atoms with Crippen molar-refractivity contribution in [2.75, 3.05) is 39.3 Å². The number of primary amides is 1. The van der Waals surface area contributed by atoms with Gasteiger partial charge in [-0.3, -0.25) is 24.4 Å². The summed E-state index contributed by atoms with van der Waals surface area (Å²) < 4.78 is 0. The zero-order chi connectivity index (χ0) is 20.5. The number of pyridine rings is 1. The first kappa shape index (κ1) is 25.0. The Bertz CT molecular complexity index is 493. The topological polar surface area (TPSA) is 112 Å². The van der Waals surface area contributed by atoms with Gasteiger partial charge >= 0.3 is 0 Å². The number of aromatic nitrogens is 1. The second kappa shape index (κ2) is 16.2. The van der Waals surface area contributed by atoms with E-state index in [2.05, 4.69) is 31.9 Å². The number of amides is 2. The van der Waals surface area contributed by atoms with Gasteiger partial charge in [0.25, 0.3) is 0 Å². The maximum absolute atomic E-state index is 11.2. The molecular weight excluding hydrogens is 346 g/mol. The number of nitrogens with two attached hydrogens (primary N) is 1. The standard InChI is InChI=1S/C16H26N4O2.C2H6.CH3NO/c1-2-16(22)18-11-15(21)13-20-8-6-19(7-9-20)12-14-4-3-5-17-10-14;1-2;2-1-3/h3-5,10,15,21H,2,6-9,11-13H2,1H3,(H,18,22);1-2H3;1H,(H2,2,3). The summed E-state index contributed by atoms with van der Waals surface area (Å²) in [6.45, 7) is 11.6. The minimum absolute atomic E-state index is 0.0136. The van der Waals surface area contributed by atoms with Crippen LogP contribution in [0.5, 0.6) is 0 Å². The molecule has 0 aliphatic carbocycles. The van der Waals surface area contributed by atoms with Crippen molar-refractivity contribution in [2.24, 2.45) is 5.73 Å². The lowest BCUT2D eigenvalue weighted by atomic mass is 10.2. The van der Waals surface area contributed by atoms with Crippen LogP contribution < -0.4 is 11.1 Å². The van der Waals surface area contributed by atoms with Gasteiger partial charge in [0.15, 0.2) is 0 Å². The van der Waals surface area contributed by atoms with Crippen molar-refractivity contribution in [1.29, 1.82) is 0 Å². The molecule has 0 aromatic carbocycles. The van der Waals surface area contributed by atoms with Gasteiger partial charge in [-0.2, -0.15) is 0 Å². The number of aliphatic hydroxyl groups is 1. The highest BCUT2D eigenvalue weighted by molar-refractivity contribution is 5.75. The molecule has 2 rings (SSSR count). The van der Waals surface area contributed by atoms with Crippen LogP contribution in [0.2, 0.25) is 0 Å². The molecule has 1 atom stereocenters. The van der Waals surface area contributed by atoms with Crippen molar-refractivity contribution in [3.63, 3.8) is 0 Å². The monoisotopic (exact) mass is 381 g/mol. The number of carbonyl (C=O) groups is 2. The Kier molecular flexibility index (Phi) is 15.0. The fourth-order valence-electron chi connectivity index (χ4n) is 2.60. The largest absolute Gasteiger partial charge is 0.390 e. The van der Waals surface area contributed by atoms with Gasteiger partial charge < -0.3 is 16.2 Å². The molecule has 154 valence electrons. The summed E-state index contributed by atoms with van der Waals surface area (Å²) in [5.41, 5.74) is 5.40. The molecule has 1 saturated heterocycles. The summed E-state index contributed by atoms with van der Waals surface area (Å²) in [7, 11) is 0. The fourth-order valence-corrected chi connectivity index (χ4v) is 2.60. The third-order valence-electron chi connectivity index (χ3n) is 3.92. The number of nitrogens with zero attached hydrogens (tertiary/aromatic N) is 3. The van der Waals surface area contributed by atoms with Crippen LogP contribution in [-0.2, 0) is 16.1 Å². The van der Waals surface area contributed by atoms with Gasteiger partial charge in [-0.25, -0.2) is 0 Å². The van der Waals surface area contributed by atoms with E-state index in [1.54, 1.807) is 6.20 Å². The molecule has 1 aliphatic heterocycles. The van der Waals surface area contributed by atoms with Crippen LogP contribution in [0.15, 0.2) is 24.5 Å². The van der Waals surface area contributed by atoms with Crippen LogP contribution in [0.3, 0.4) is 0 Å². The minimum atomic E-state index is -0.500. The molecule has 2 amide bonds. The first-order valence-electron chi connectivity index (χ1n) is 9.52. The van der Waals surface area contributed by atoms with Crippen LogP contribution in [0, 0.1) is 0 Å². The molecule has 4 N–H and O–H groups in total. The molecule has 0 bridgehead atoms. The highest BCUT2D eigenvalue weighted by Gasteiger charge is 2.19. The second-order valence-electron chi connectivity index (χ2n) is 5.89. The molecule has 8 heteroatoms. The van der Waals surface area contributed by atoms with E-state index < -0.39 is 6.10 Å². The number of carbonyl (C=O) groups excluding carboxylic acids is 2. The summed E-state index contributed by atoms with van der Waals surface area (Å²) in [6.07, 6.45) is 3.91. The maximum atomic E-state index is 11.2. The maximum Gasteiger partial charge on any atom is 0.219 e. The Morgan fingerprint density at radius 2 is 1.93 bits per heavy atom. The summed E-state index contributed by atoms with van der Waals surface area (Å²) >= 11 is 0. The van der Waals surface area contributed by atoms with Crippen molar-refractivity contribution in [3.05, 3.63) is 30.1 Å². The van der Waals surface area contributed by atoms with E-state index in [0.29, 0.717) is 19.5 Å². The van der Waals surface area contributed by atoms with Crippen molar-refractivity contribution >= 4 is 12.3 Å². The number of hydrogen-bond donors (Lipinski definition) is 3. The molecule has 1 aromatic rings. The van der Waals surface area contributed by atoms with Crippen LogP contribution in [0.1, 0.15) is 32.8 Å². The van der Waals surface area contributed by atoms with Crippen LogP contribution in [0.4, 0.5) is 0 Å². The van der Waals surface area contributed by atoms with Gasteiger partial charge in [-0.05, 0) is 11.6 Å². The van der Waals surface area contributed by atoms with Crippen molar-refractivity contribution in [2.45, 2.75) is 39.8 Å². The number of aliphatic hydroxyl groups excluding tert-OH is 1. The number of hydrogen-bond acceptors (Lipinski definition) is 6. The molecule has 8 nitrogen and oxygen atoms in total. The van der Waals surface area contributed by atoms with Gasteiger partial charge in [-0.1, -0.05) is 26.8 Å². The zero-order valence-corrected chi connectivity index (χ0v) is 16.8. The molecule has 1 unspecified atom stereocenters. The van der Waals surface area contributed by atoms with Gasteiger partial charge in [0.05, 0.1) is 6.10 Å². The Balaban J connectivity index is 0.00000123. The first-order valence-corrected chi connectivity index (χ1v) is 9.52. The van der Waals surface area contributed by atoms with E-state index in [-0.39, 0.29) is 12.3 Å². The smallest absolute Gasteiger partial charge is 0.219 e. The lowest BCUT2D eigenvalue weighted by Crippen LogP contribution is -2.49. The normalized spacial score (nSPS) is 15.4. The van der Waals surface area contributed by atoms with Crippen LogP contribution >= 0.6 is 0 Å². The second-order valence-corrected chi connectivity index (χ2v) is 5.89. The molecule has 1 aromatic heterocycles. The molecule has 0 radical (unpaired) electrons. The summed E-state index contributed by atoms with van der Waals surface area (Å²) in [4.78, 5) is 28.6. The number of rotatable bonds is 7. The Morgan fingerprint density at radius 3 is 2.44 bits per heavy atom. The highest BCUT2D eigenvalue weighted by Crippen LogP contribution is 2.07. The molecule has 2 heterocycles. The first-order chi connectivity index (χ1) is 13.1. The molecule has 1 fully saturated rings. The third-order valence-corrected chi connectivity index (χ3v) is 3.92. The summed E-state index contributed by atoms with van der Waals surface area (Å²) in [5.74, 6) is -0.0136. The van der Waals surface area contributed by atoms with Crippen LogP contribution in [-0.4, -0.2) is 77.6 Å². The molecular formula is C19H35N5O3. The minimum Gasteiger partial charge on any atom is -0.390 e. The highest BCUT2D eigenvalue weighted by atomic mass is 16.3. The van der Waals surface area contributed by atoms with E-state index in [1.807, 2.05) is 33.0 Å². The lowest BCUT2D eigenvalue weighted by Gasteiger charge is -2.35. The number of β-amino-alcohol motifs (C(OH)–C–C–N with tert-alkyl or cyclic N) is 1. The van der Waals surface area contributed by atoms with E-state index >= 15 is 0 Å². The molecule has 1 aliphatic rings. The Hall–Kier alpha value is -2.03. The quantitative estimate of drug-likeness (QED) is 0.582. The van der Waals surface area contributed by atoms with Crippen molar-refractivity contribution in [1.82, 2.24) is 20.1 Å². The van der Waals surface area contributed by atoms with Gasteiger partial charge in [0.2, 0.25) is 12.3 Å². The van der Waals surface area contributed by atoms with E-state index in [9.17, 15) is 9.90 Å². The Labute approximate surface area is 162 Å². The molecule has 0 spiro atoms. The molecule has 27 heavy (non-hydrogen) atoms. The third kappa shape index (κ3) is 12.1. The van der Waals surface area contributed by atoms with E-state index in [1.165, 1.54) is 5.56 Å². The predicted molar refractivity (Wildman–Crippen MR) is 107 cm³/mol. The van der Waals surface area contributed by atoms with Gasteiger partial charge in [-0.15, -0.1) is 0 Å². The van der Waals surface area contributed by atoms with Crippen LogP contribution in [0.25, 0.3) is 0 Å². The number of nitrogens with one attached hydrogen (secondary N) is 1. The van der Waals surface area contributed by atoms with Crippen molar-refractivity contribution in [3.8, 4) is 0 Å². The number of piperazine rings is 1. The van der Waals surface area contributed by atoms with Gasteiger partial charge in [0, 0.05) is 64.6 Å². The average molecular weight is 382 g/mol. The van der Waals surface area contributed by atoms with E-state index in [4.69, 9.17) is 4.79 Å². The SMILES string of the molecule is CC.CCC(=O)NCC(O)CN1CCN(Cc2cccnc2)CC1.NC=O.